The number of rotatable bonds is 36. The molecule has 5 saturated heterocycles. The first-order valence-electron chi connectivity index (χ1n) is 25.6. The average molecular weight is 1600 g/mol. The van der Waals surface area contributed by atoms with Gasteiger partial charge in [-0.05, 0) is 0 Å². The summed E-state index contributed by atoms with van der Waals surface area (Å²) in [6, 6.07) is 0. The summed E-state index contributed by atoms with van der Waals surface area (Å²) in [5.41, 5.74) is 0. The van der Waals surface area contributed by atoms with Crippen molar-refractivity contribution in [3.8, 4) is 0 Å². The molecular formula is C37H62O52S8. The van der Waals surface area contributed by atoms with E-state index in [4.69, 9.17) is 88.3 Å². The van der Waals surface area contributed by atoms with Gasteiger partial charge in [0.05, 0.1) is 19.8 Å². The van der Waals surface area contributed by atoms with Crippen molar-refractivity contribution in [2.75, 3.05) is 69.6 Å². The Labute approximate surface area is 548 Å². The van der Waals surface area contributed by atoms with Crippen LogP contribution in [-0.4, -0.2) is 349 Å². The Morgan fingerprint density at radius 1 is 0.268 bits per heavy atom. The summed E-state index contributed by atoms with van der Waals surface area (Å²) < 4.78 is 399. The first-order chi connectivity index (χ1) is 44.4. The van der Waals surface area contributed by atoms with Crippen LogP contribution in [0.5, 0.6) is 0 Å². The van der Waals surface area contributed by atoms with Crippen LogP contribution in [0.4, 0.5) is 0 Å². The van der Waals surface area contributed by atoms with Crippen molar-refractivity contribution in [2.45, 2.75) is 154 Å². The summed E-state index contributed by atoms with van der Waals surface area (Å²) in [7, 11) is -41.4. The smallest absolute Gasteiger partial charge is 0.397 e. The van der Waals surface area contributed by atoms with Gasteiger partial charge in [0.2, 0.25) is 0 Å². The minimum absolute atomic E-state index is 0.529. The van der Waals surface area contributed by atoms with Gasteiger partial charge in [0.1, 0.15) is 85.5 Å². The molecule has 5 rings (SSSR count). The molecule has 25 atom stereocenters. The first-order valence-corrected chi connectivity index (χ1v) is 36.5. The number of hydrogen-bond acceptors (Lipinski definition) is 42. The number of carboxylic acids is 2. The van der Waals surface area contributed by atoms with Crippen LogP contribution in [0.1, 0.15) is 0 Å². The highest BCUT2D eigenvalue weighted by Crippen LogP contribution is 2.41. The maximum Gasteiger partial charge on any atom is 0.397 e. The Morgan fingerprint density at radius 2 is 0.495 bits per heavy atom. The van der Waals surface area contributed by atoms with E-state index in [2.05, 4.69) is 20.9 Å². The van der Waals surface area contributed by atoms with Gasteiger partial charge < -0.3 is 86.0 Å². The third kappa shape index (κ3) is 24.4. The van der Waals surface area contributed by atoms with E-state index < -0.39 is 268 Å². The highest BCUT2D eigenvalue weighted by molar-refractivity contribution is 7.82. The molecular weight excluding hydrogens is 1530 g/mol. The molecule has 0 spiro atoms. The molecule has 0 amide bonds. The molecule has 570 valence electrons. The van der Waals surface area contributed by atoms with Crippen LogP contribution in [0.25, 0.3) is 0 Å². The number of carboxylic acid groups (broad SMARTS) is 2. The molecule has 0 aromatic rings. The summed E-state index contributed by atoms with van der Waals surface area (Å²) >= 11 is 0. The zero-order valence-electron chi connectivity index (χ0n) is 49.4. The minimum Gasteiger partial charge on any atom is -0.479 e. The van der Waals surface area contributed by atoms with Gasteiger partial charge in [-0.1, -0.05) is 0 Å². The lowest BCUT2D eigenvalue weighted by molar-refractivity contribution is -0.386. The largest absolute Gasteiger partial charge is 0.479 e. The molecule has 5 heterocycles. The van der Waals surface area contributed by atoms with E-state index in [1.165, 1.54) is 0 Å². The molecule has 0 radical (unpaired) electrons. The van der Waals surface area contributed by atoms with Crippen molar-refractivity contribution in [1.29, 1.82) is 0 Å². The summed E-state index contributed by atoms with van der Waals surface area (Å²) in [4.78, 5) is 26.6. The predicted octanol–water partition coefficient (Wildman–Crippen LogP) is -8.54. The SMILES string of the molecule is CO[C@H]1O[C@H](COS(=O)(=O)O)[C@@H](O[C@@H]2O[C@@H](C(=O)O)[C@@H](O[C@H]3O[C@H](COS(=O)(=O)O)[C@@H](O[C@@H]4O[C@H](C(=O)O)[C@@H](O[C@H]5O[C@H](COS(=O)(=O)O)[C@@H](OC)[C@H](OC)[C@H]5OS(=O)(=O)O)[C@H](OC)[C@H]4OC)[C@H](OS(=O)(=O)O)[C@H]3OS(=O)(=O)O)[C@H](OC)[C@H]2OS(=O)(=O)O)[C@H](OC)[C@H]1OS(=O)(=O)O. The van der Waals surface area contributed by atoms with Crippen LogP contribution in [0.3, 0.4) is 0 Å². The number of carbonyl (C=O) groups is 2. The maximum atomic E-state index is 13.3. The molecule has 0 aliphatic carbocycles. The molecule has 5 fully saturated rings. The third-order valence-corrected chi connectivity index (χ3v) is 17.2. The fraction of sp³-hybridized carbons (Fsp3) is 0.946. The van der Waals surface area contributed by atoms with Gasteiger partial charge in [0.15, 0.2) is 68.1 Å². The first kappa shape index (κ1) is 84.9. The molecule has 60 heteroatoms. The van der Waals surface area contributed by atoms with Crippen LogP contribution >= 0.6 is 0 Å². The monoisotopic (exact) mass is 1590 g/mol. The third-order valence-electron chi connectivity index (χ3n) is 13.6. The van der Waals surface area contributed by atoms with E-state index in [1.807, 2.05) is 0 Å². The standard InChI is InChI=1S/C37H62O52S8/c1-66-14-11(8-73-90(42,43)44)77-35(28(17(14)67-2)87-95(57,58)59)81-21-19(69-4)26(71-6)34(83-24(21)31(38)39)80-16-13(10-75-92(48,49)50)78-36(30(89-97(63,64)65)23(16)85-93(51,52)53)82-22-20(70-5)29(88-96(60,61)62)37(84-25(22)32(40)41)79-15-12(9-74-91(45,46)47)76-33(72-7)27(18(15)68-3)86-94(54,55)56/h11-30,33-37H,8-10H2,1-7H3,(H,38,39)(H,40,41)(H,42,43,44)(H,45,46,47)(H,48,49,50)(H,51,52,53)(H,54,55,56)(H,57,58,59)(H,60,61,62)(H,63,64,65)/t11-,12-,13-,14-,15-,16-,17+,18+,19+,20+,21+,22+,23+,24+,25-,26-,27-,28-,29-,30-,33+,34-,35-,36-,37-/m1/s1. The van der Waals surface area contributed by atoms with Crippen molar-refractivity contribution >= 4 is 95.1 Å². The summed E-state index contributed by atoms with van der Waals surface area (Å²) in [6.07, 6.45) is -63.9. The fourth-order valence-electron chi connectivity index (χ4n) is 10.2. The van der Waals surface area contributed by atoms with Gasteiger partial charge in [-0.3, -0.25) is 36.4 Å². The van der Waals surface area contributed by atoms with Crippen LogP contribution in [0, 0.1) is 0 Å². The summed E-state index contributed by atoms with van der Waals surface area (Å²) in [5, 5.41) is 21.4. The Hall–Kier alpha value is -2.74. The van der Waals surface area contributed by atoms with Crippen molar-refractivity contribution in [3.63, 3.8) is 0 Å². The Morgan fingerprint density at radius 3 is 0.794 bits per heavy atom. The maximum absolute atomic E-state index is 13.3. The number of aliphatic carboxylic acids is 2. The molecule has 0 aromatic heterocycles. The average Bonchev–Trinajstić information content (AvgIpc) is 0.761. The molecule has 0 aromatic carbocycles. The molecule has 0 bridgehead atoms. The Balaban J connectivity index is 1.67. The molecule has 5 aliphatic rings. The molecule has 5 aliphatic heterocycles. The molecule has 10 N–H and O–H groups in total. The van der Waals surface area contributed by atoms with Crippen molar-refractivity contribution in [2.24, 2.45) is 0 Å². The second kappa shape index (κ2) is 33.8. The summed E-state index contributed by atoms with van der Waals surface area (Å²) in [6.45, 7) is -4.60. The van der Waals surface area contributed by atoms with Gasteiger partial charge in [-0.25, -0.2) is 43.1 Å². The second-order valence-corrected chi connectivity index (χ2v) is 28.1. The van der Waals surface area contributed by atoms with Crippen LogP contribution in [0.15, 0.2) is 0 Å². The highest BCUT2D eigenvalue weighted by atomic mass is 32.3. The number of ether oxygens (including phenoxy) is 16. The quantitative estimate of drug-likeness (QED) is 0.0260. The molecule has 0 unspecified atom stereocenters. The van der Waals surface area contributed by atoms with E-state index in [-0.39, 0.29) is 0 Å². The van der Waals surface area contributed by atoms with Gasteiger partial charge in [-0.2, -0.15) is 67.3 Å². The summed E-state index contributed by atoms with van der Waals surface area (Å²) in [5.74, 6) is -4.58. The van der Waals surface area contributed by atoms with Gasteiger partial charge >= 0.3 is 95.1 Å². The lowest BCUT2D eigenvalue weighted by Gasteiger charge is -2.51. The lowest BCUT2D eigenvalue weighted by Crippen LogP contribution is -2.70. The second-order valence-electron chi connectivity index (χ2n) is 19.6. The van der Waals surface area contributed by atoms with Crippen molar-refractivity contribution in [3.05, 3.63) is 0 Å². The van der Waals surface area contributed by atoms with Crippen LogP contribution in [-0.2, 0) is 202 Å². The van der Waals surface area contributed by atoms with E-state index >= 15 is 0 Å². The minimum atomic E-state index is -6.32. The van der Waals surface area contributed by atoms with E-state index in [0.717, 1.165) is 42.7 Å². The van der Waals surface area contributed by atoms with Gasteiger partial charge in [0.25, 0.3) is 0 Å². The molecule has 97 heavy (non-hydrogen) atoms. The van der Waals surface area contributed by atoms with Crippen LogP contribution < -0.4 is 0 Å². The zero-order valence-corrected chi connectivity index (χ0v) is 56.0. The molecule has 52 nitrogen and oxygen atoms in total. The number of hydrogen-bond donors (Lipinski definition) is 10. The normalized spacial score (nSPS) is 37.0. The Bertz CT molecular complexity index is 3590. The van der Waals surface area contributed by atoms with Crippen LogP contribution in [0.2, 0.25) is 0 Å². The predicted molar refractivity (Wildman–Crippen MR) is 284 cm³/mol. The number of methoxy groups -OCH3 is 7. The fourth-order valence-corrected chi connectivity index (χ4v) is 13.6. The molecule has 0 saturated carbocycles. The lowest BCUT2D eigenvalue weighted by atomic mass is 9.95. The van der Waals surface area contributed by atoms with E-state index in [0.29, 0.717) is 7.11 Å². The van der Waals surface area contributed by atoms with E-state index in [1.54, 1.807) is 0 Å². The highest BCUT2D eigenvalue weighted by Gasteiger charge is 2.63. The van der Waals surface area contributed by atoms with Gasteiger partial charge in [-0.15, -0.1) is 0 Å². The van der Waals surface area contributed by atoms with Crippen molar-refractivity contribution in [1.82, 2.24) is 0 Å². The van der Waals surface area contributed by atoms with Crippen molar-refractivity contribution < 1.29 is 233 Å². The van der Waals surface area contributed by atoms with E-state index in [9.17, 15) is 124 Å². The van der Waals surface area contributed by atoms with Gasteiger partial charge in [0, 0.05) is 49.8 Å². The Kier molecular flexibility index (Phi) is 29.6. The topological polar surface area (TPSA) is 731 Å². The zero-order chi connectivity index (χ0) is 73.7.